The Morgan fingerprint density at radius 2 is 1.92 bits per heavy atom. The van der Waals surface area contributed by atoms with Crippen LogP contribution in [0.1, 0.15) is 11.1 Å². The predicted molar refractivity (Wildman–Crippen MR) is 99.5 cm³/mol. The third-order valence-electron chi connectivity index (χ3n) is 3.23. The van der Waals surface area contributed by atoms with E-state index in [0.717, 1.165) is 16.0 Å². The summed E-state index contributed by atoms with van der Waals surface area (Å²) in [7, 11) is 2.84. The molecule has 3 nitrogen and oxygen atoms in total. The lowest BCUT2D eigenvalue weighted by Gasteiger charge is -2.12. The fourth-order valence-electron chi connectivity index (χ4n) is 2.11. The van der Waals surface area contributed by atoms with Gasteiger partial charge in [0.05, 0.1) is 25.5 Å². The van der Waals surface area contributed by atoms with E-state index >= 15 is 0 Å². The maximum absolute atomic E-state index is 12.0. The van der Waals surface area contributed by atoms with Gasteiger partial charge in [-0.25, -0.2) is 4.79 Å². The summed E-state index contributed by atoms with van der Waals surface area (Å²) < 4.78 is 9.87. The third-order valence-corrected chi connectivity index (χ3v) is 5.01. The summed E-state index contributed by atoms with van der Waals surface area (Å²) in [5, 5.41) is 1.20. The van der Waals surface area contributed by atoms with Crippen molar-refractivity contribution < 1.29 is 14.3 Å². The van der Waals surface area contributed by atoms with Gasteiger partial charge >= 0.3 is 5.97 Å². The summed E-state index contributed by atoms with van der Waals surface area (Å²) in [5.74, 6) is 0.189. The standard InChI is InChI=1S/C18H16Cl2O3S/c1-22-10-15(18(21)23-2)14-6-4-3-5-12(14)11-24-17-8-7-13(19)9-16(17)20/h3-10H,11H2,1-2H3. The fourth-order valence-corrected chi connectivity index (χ4v) is 3.60. The quantitative estimate of drug-likeness (QED) is 0.288. The number of methoxy groups -OCH3 is 2. The van der Waals surface area contributed by atoms with E-state index in [1.807, 2.05) is 30.3 Å². The van der Waals surface area contributed by atoms with Crippen molar-refractivity contribution in [3.8, 4) is 0 Å². The Labute approximate surface area is 155 Å². The van der Waals surface area contributed by atoms with Crippen LogP contribution in [-0.4, -0.2) is 20.2 Å². The van der Waals surface area contributed by atoms with Gasteiger partial charge in [-0.15, -0.1) is 11.8 Å². The number of hydrogen-bond acceptors (Lipinski definition) is 4. The molecule has 2 aromatic rings. The number of hydrogen-bond donors (Lipinski definition) is 0. The molecule has 0 saturated heterocycles. The highest BCUT2D eigenvalue weighted by Crippen LogP contribution is 2.33. The van der Waals surface area contributed by atoms with Crippen molar-refractivity contribution in [2.24, 2.45) is 0 Å². The molecule has 126 valence electrons. The normalized spacial score (nSPS) is 11.2. The van der Waals surface area contributed by atoms with Crippen LogP contribution >= 0.6 is 35.0 Å². The first-order valence-electron chi connectivity index (χ1n) is 7.04. The topological polar surface area (TPSA) is 35.5 Å². The fraction of sp³-hybridized carbons (Fsp3) is 0.167. The van der Waals surface area contributed by atoms with Crippen LogP contribution in [0.15, 0.2) is 53.6 Å². The summed E-state index contributed by atoms with van der Waals surface area (Å²) in [6.07, 6.45) is 1.39. The predicted octanol–water partition coefficient (Wildman–Crippen LogP) is 5.45. The van der Waals surface area contributed by atoms with Gasteiger partial charge in [-0.2, -0.15) is 0 Å². The van der Waals surface area contributed by atoms with Crippen LogP contribution in [0.4, 0.5) is 0 Å². The SMILES string of the molecule is COC=C(C(=O)OC)c1ccccc1CSc1ccc(Cl)cc1Cl. The second-order valence-corrected chi connectivity index (χ2v) is 6.64. The van der Waals surface area contributed by atoms with Crippen LogP contribution in [0.25, 0.3) is 5.57 Å². The monoisotopic (exact) mass is 382 g/mol. The molecule has 2 aromatic carbocycles. The minimum Gasteiger partial charge on any atom is -0.503 e. The number of halogens is 2. The number of esters is 1. The Morgan fingerprint density at radius 1 is 1.17 bits per heavy atom. The summed E-state index contributed by atoms with van der Waals surface area (Å²) >= 11 is 13.7. The number of benzene rings is 2. The first-order valence-corrected chi connectivity index (χ1v) is 8.78. The van der Waals surface area contributed by atoms with E-state index in [4.69, 9.17) is 32.7 Å². The van der Waals surface area contributed by atoms with Crippen LogP contribution in [0.2, 0.25) is 10.0 Å². The number of ether oxygens (including phenoxy) is 2. The molecule has 0 spiro atoms. The second kappa shape index (κ2) is 9.02. The molecule has 0 aliphatic carbocycles. The lowest BCUT2D eigenvalue weighted by Crippen LogP contribution is -2.06. The van der Waals surface area contributed by atoms with E-state index < -0.39 is 5.97 Å². The molecule has 6 heteroatoms. The van der Waals surface area contributed by atoms with Crippen LogP contribution in [-0.2, 0) is 20.0 Å². The smallest absolute Gasteiger partial charge is 0.341 e. The highest BCUT2D eigenvalue weighted by atomic mass is 35.5. The van der Waals surface area contributed by atoms with E-state index in [1.165, 1.54) is 20.5 Å². The maximum atomic E-state index is 12.0. The first-order chi connectivity index (χ1) is 11.6. The van der Waals surface area contributed by atoms with Gasteiger partial charge in [-0.1, -0.05) is 47.5 Å². The molecule has 2 rings (SSSR count). The Morgan fingerprint density at radius 3 is 2.58 bits per heavy atom. The van der Waals surface area contributed by atoms with E-state index in [-0.39, 0.29) is 0 Å². The van der Waals surface area contributed by atoms with Crippen molar-refractivity contribution in [3.63, 3.8) is 0 Å². The Bertz CT molecular complexity index is 760. The van der Waals surface area contributed by atoms with Crippen molar-refractivity contribution in [2.45, 2.75) is 10.6 Å². The first kappa shape index (κ1) is 18.7. The molecule has 24 heavy (non-hydrogen) atoms. The van der Waals surface area contributed by atoms with Crippen molar-refractivity contribution in [2.75, 3.05) is 14.2 Å². The van der Waals surface area contributed by atoms with Crippen LogP contribution in [0, 0.1) is 0 Å². The summed E-state index contributed by atoms with van der Waals surface area (Å²) in [6.45, 7) is 0. The van der Waals surface area contributed by atoms with Gasteiger partial charge < -0.3 is 9.47 Å². The van der Waals surface area contributed by atoms with Gasteiger partial charge in [0.1, 0.15) is 5.57 Å². The minimum atomic E-state index is -0.446. The molecular formula is C18H16Cl2O3S. The van der Waals surface area contributed by atoms with Gasteiger partial charge in [-0.05, 0) is 29.3 Å². The molecular weight excluding hydrogens is 367 g/mol. The summed E-state index contributed by atoms with van der Waals surface area (Å²) in [5.41, 5.74) is 2.12. The van der Waals surface area contributed by atoms with Crippen molar-refractivity contribution in [1.29, 1.82) is 0 Å². The average molecular weight is 383 g/mol. The average Bonchev–Trinajstić information content (AvgIpc) is 2.59. The highest BCUT2D eigenvalue weighted by molar-refractivity contribution is 7.98. The zero-order chi connectivity index (χ0) is 17.5. The molecule has 0 amide bonds. The highest BCUT2D eigenvalue weighted by Gasteiger charge is 2.16. The number of carbonyl (C=O) groups excluding carboxylic acids is 1. The lowest BCUT2D eigenvalue weighted by molar-refractivity contribution is -0.133. The second-order valence-electron chi connectivity index (χ2n) is 4.78. The van der Waals surface area contributed by atoms with Crippen LogP contribution < -0.4 is 0 Å². The number of thioether (sulfide) groups is 1. The molecule has 0 saturated carbocycles. The molecule has 0 bridgehead atoms. The van der Waals surface area contributed by atoms with Gasteiger partial charge in [0.25, 0.3) is 0 Å². The van der Waals surface area contributed by atoms with E-state index in [2.05, 4.69) is 0 Å². The van der Waals surface area contributed by atoms with Crippen LogP contribution in [0.3, 0.4) is 0 Å². The third kappa shape index (κ3) is 4.69. The maximum Gasteiger partial charge on any atom is 0.341 e. The zero-order valence-electron chi connectivity index (χ0n) is 13.2. The van der Waals surface area contributed by atoms with Crippen molar-refractivity contribution in [3.05, 3.63) is 69.9 Å². The number of rotatable bonds is 6. The molecule has 0 fully saturated rings. The van der Waals surface area contributed by atoms with E-state index in [9.17, 15) is 4.79 Å². The molecule has 0 aromatic heterocycles. The van der Waals surface area contributed by atoms with Crippen molar-refractivity contribution >= 4 is 46.5 Å². The van der Waals surface area contributed by atoms with E-state index in [0.29, 0.717) is 21.4 Å². The Hall–Kier alpha value is -1.62. The minimum absolute atomic E-state index is 0.374. The Kier molecular flexibility index (Phi) is 7.03. The van der Waals surface area contributed by atoms with Crippen LogP contribution in [0.5, 0.6) is 0 Å². The largest absolute Gasteiger partial charge is 0.503 e. The molecule has 0 unspecified atom stereocenters. The lowest BCUT2D eigenvalue weighted by atomic mass is 10.0. The Balaban J connectivity index is 2.28. The molecule has 0 atom stereocenters. The van der Waals surface area contributed by atoms with Gasteiger partial charge in [0, 0.05) is 15.7 Å². The molecule has 0 aliphatic rings. The molecule has 0 radical (unpaired) electrons. The summed E-state index contributed by atoms with van der Waals surface area (Å²) in [4.78, 5) is 12.9. The molecule has 0 aliphatic heterocycles. The summed E-state index contributed by atoms with van der Waals surface area (Å²) in [6, 6.07) is 13.0. The van der Waals surface area contributed by atoms with Gasteiger partial charge in [-0.3, -0.25) is 0 Å². The van der Waals surface area contributed by atoms with Gasteiger partial charge in [0.15, 0.2) is 0 Å². The van der Waals surface area contributed by atoms with Gasteiger partial charge in [0.2, 0.25) is 0 Å². The zero-order valence-corrected chi connectivity index (χ0v) is 15.5. The molecule has 0 heterocycles. The molecule has 0 N–H and O–H groups in total. The van der Waals surface area contributed by atoms with E-state index in [1.54, 1.807) is 23.9 Å². The number of carbonyl (C=O) groups is 1. The van der Waals surface area contributed by atoms with Crippen molar-refractivity contribution in [1.82, 2.24) is 0 Å².